The molecule has 1 N–H and O–H groups in total. The molecule has 0 unspecified atom stereocenters. The zero-order valence-electron chi connectivity index (χ0n) is 4.11. The molecule has 1 radical (unpaired) electrons. The normalized spacial score (nSPS) is 30.6. The summed E-state index contributed by atoms with van der Waals surface area (Å²) >= 11 is 0. The van der Waals surface area contributed by atoms with Crippen LogP contribution in [0, 0.1) is 5.92 Å². The number of nitrogens with one attached hydrogen (secondary N) is 1. The van der Waals surface area contributed by atoms with E-state index in [1.807, 2.05) is 6.29 Å². The first-order chi connectivity index (χ1) is 3.43. The predicted octanol–water partition coefficient (Wildman–Crippen LogP) is -0.294. The van der Waals surface area contributed by atoms with E-state index in [1.165, 1.54) is 0 Å². The van der Waals surface area contributed by atoms with Crippen LogP contribution in [-0.2, 0) is 4.79 Å². The third-order valence-electron chi connectivity index (χ3n) is 1.23. The molecule has 0 aromatic rings. The van der Waals surface area contributed by atoms with Crippen molar-refractivity contribution in [1.29, 1.82) is 0 Å². The summed E-state index contributed by atoms with van der Waals surface area (Å²) in [5.74, 6) is 0.181. The van der Waals surface area contributed by atoms with E-state index in [0.29, 0.717) is 0 Å². The Bertz CT molecular complexity index is 66.5. The highest BCUT2D eigenvalue weighted by atomic mass is 16.1. The molecule has 1 aliphatic rings. The van der Waals surface area contributed by atoms with Crippen LogP contribution in [0.5, 0.6) is 0 Å². The Morgan fingerprint density at radius 3 is 2.86 bits per heavy atom. The molecule has 0 aliphatic carbocycles. The monoisotopic (exact) mass is 98.1 g/mol. The molecule has 1 rings (SSSR count). The lowest BCUT2D eigenvalue weighted by Crippen LogP contribution is -2.09. The highest BCUT2D eigenvalue weighted by Crippen LogP contribution is 2.01. The van der Waals surface area contributed by atoms with E-state index in [-0.39, 0.29) is 5.92 Å². The van der Waals surface area contributed by atoms with Crippen LogP contribution < -0.4 is 5.32 Å². The molecule has 0 amide bonds. The van der Waals surface area contributed by atoms with Gasteiger partial charge >= 0.3 is 0 Å². The first-order valence-corrected chi connectivity index (χ1v) is 2.52. The van der Waals surface area contributed by atoms with Crippen LogP contribution in [-0.4, -0.2) is 19.4 Å². The van der Waals surface area contributed by atoms with Gasteiger partial charge in [0, 0.05) is 12.5 Å². The standard InChI is InChI=1S/C5H8NO/c7-4-5-1-2-6-3-5/h5-6H,1-3H2/t5-/m1/s1. The molecule has 1 fully saturated rings. The summed E-state index contributed by atoms with van der Waals surface area (Å²) in [7, 11) is 0. The Morgan fingerprint density at radius 1 is 1.71 bits per heavy atom. The molecule has 0 spiro atoms. The van der Waals surface area contributed by atoms with Crippen molar-refractivity contribution in [2.45, 2.75) is 6.42 Å². The number of rotatable bonds is 1. The van der Waals surface area contributed by atoms with Gasteiger partial charge in [-0.2, -0.15) is 0 Å². The van der Waals surface area contributed by atoms with Gasteiger partial charge in [0.15, 0.2) is 0 Å². The molecule has 1 atom stereocenters. The lowest BCUT2D eigenvalue weighted by Gasteiger charge is -1.88. The Labute approximate surface area is 42.9 Å². The third-order valence-corrected chi connectivity index (χ3v) is 1.23. The van der Waals surface area contributed by atoms with Gasteiger partial charge in [-0.1, -0.05) is 0 Å². The Morgan fingerprint density at radius 2 is 2.57 bits per heavy atom. The van der Waals surface area contributed by atoms with Crippen molar-refractivity contribution < 1.29 is 4.79 Å². The van der Waals surface area contributed by atoms with Gasteiger partial charge in [-0.05, 0) is 13.0 Å². The van der Waals surface area contributed by atoms with E-state index in [2.05, 4.69) is 5.32 Å². The van der Waals surface area contributed by atoms with Gasteiger partial charge in [0.25, 0.3) is 0 Å². The van der Waals surface area contributed by atoms with Crippen molar-refractivity contribution in [3.05, 3.63) is 0 Å². The van der Waals surface area contributed by atoms with Crippen molar-refractivity contribution in [3.63, 3.8) is 0 Å². The lowest BCUT2D eigenvalue weighted by atomic mass is 10.2. The summed E-state index contributed by atoms with van der Waals surface area (Å²) in [5.41, 5.74) is 0. The fourth-order valence-electron chi connectivity index (χ4n) is 0.755. The smallest absolute Gasteiger partial charge is 0.203 e. The summed E-state index contributed by atoms with van der Waals surface area (Å²) in [6.07, 6.45) is 2.93. The van der Waals surface area contributed by atoms with Crippen LogP contribution in [0.3, 0.4) is 0 Å². The van der Waals surface area contributed by atoms with E-state index in [9.17, 15) is 4.79 Å². The molecule has 0 aromatic carbocycles. The zero-order valence-corrected chi connectivity index (χ0v) is 4.11. The van der Waals surface area contributed by atoms with Crippen molar-refractivity contribution in [2.75, 3.05) is 13.1 Å². The molecule has 0 aromatic heterocycles. The highest BCUT2D eigenvalue weighted by Gasteiger charge is 2.12. The van der Waals surface area contributed by atoms with Gasteiger partial charge in [-0.3, -0.25) is 4.79 Å². The molecule has 0 bridgehead atoms. The minimum atomic E-state index is 0.181. The molecule has 0 saturated carbocycles. The first kappa shape index (κ1) is 4.78. The molecule has 1 aliphatic heterocycles. The quantitative estimate of drug-likeness (QED) is 0.488. The molecular weight excluding hydrogens is 90.1 g/mol. The highest BCUT2D eigenvalue weighted by molar-refractivity contribution is 5.55. The van der Waals surface area contributed by atoms with Crippen molar-refractivity contribution in [1.82, 2.24) is 5.32 Å². The second kappa shape index (κ2) is 2.07. The summed E-state index contributed by atoms with van der Waals surface area (Å²) in [4.78, 5) is 9.84. The van der Waals surface area contributed by atoms with Gasteiger partial charge in [0.05, 0.1) is 0 Å². The van der Waals surface area contributed by atoms with E-state index in [0.717, 1.165) is 19.5 Å². The minimum absolute atomic E-state index is 0.181. The average molecular weight is 98.1 g/mol. The second-order valence-electron chi connectivity index (χ2n) is 1.81. The zero-order chi connectivity index (χ0) is 5.11. The second-order valence-corrected chi connectivity index (χ2v) is 1.81. The van der Waals surface area contributed by atoms with Crippen molar-refractivity contribution in [2.24, 2.45) is 5.92 Å². The maximum Gasteiger partial charge on any atom is 0.203 e. The van der Waals surface area contributed by atoms with E-state index in [4.69, 9.17) is 0 Å². The fraction of sp³-hybridized carbons (Fsp3) is 0.800. The van der Waals surface area contributed by atoms with Gasteiger partial charge in [-0.15, -0.1) is 0 Å². The van der Waals surface area contributed by atoms with Crippen molar-refractivity contribution in [3.8, 4) is 0 Å². The number of carbonyl (C=O) groups excluding carboxylic acids is 1. The van der Waals surface area contributed by atoms with E-state index < -0.39 is 0 Å². The molecule has 39 valence electrons. The van der Waals surface area contributed by atoms with Gasteiger partial charge in [-0.25, -0.2) is 0 Å². The van der Waals surface area contributed by atoms with Crippen LogP contribution in [0.4, 0.5) is 0 Å². The topological polar surface area (TPSA) is 29.1 Å². The molecule has 7 heavy (non-hydrogen) atoms. The minimum Gasteiger partial charge on any atom is -0.316 e. The van der Waals surface area contributed by atoms with Crippen LogP contribution in [0.1, 0.15) is 6.42 Å². The van der Waals surface area contributed by atoms with E-state index in [1.54, 1.807) is 0 Å². The largest absolute Gasteiger partial charge is 0.316 e. The lowest BCUT2D eigenvalue weighted by molar-refractivity contribution is 0.529. The van der Waals surface area contributed by atoms with E-state index >= 15 is 0 Å². The molecule has 2 nitrogen and oxygen atoms in total. The predicted molar refractivity (Wildman–Crippen MR) is 26.7 cm³/mol. The molecule has 2 heteroatoms. The van der Waals surface area contributed by atoms with Gasteiger partial charge < -0.3 is 5.32 Å². The summed E-state index contributed by atoms with van der Waals surface area (Å²) in [5, 5.41) is 3.06. The maximum atomic E-state index is 9.84. The van der Waals surface area contributed by atoms with Gasteiger partial charge in [0.2, 0.25) is 6.29 Å². The van der Waals surface area contributed by atoms with Gasteiger partial charge in [0.1, 0.15) is 0 Å². The maximum absolute atomic E-state index is 9.84. The third kappa shape index (κ3) is 0.996. The molecular formula is C5H8NO. The summed E-state index contributed by atoms with van der Waals surface area (Å²) in [6.45, 7) is 1.82. The summed E-state index contributed by atoms with van der Waals surface area (Å²) < 4.78 is 0. The fourth-order valence-corrected chi connectivity index (χ4v) is 0.755. The Balaban J connectivity index is 2.26. The van der Waals surface area contributed by atoms with Crippen LogP contribution in [0.15, 0.2) is 0 Å². The van der Waals surface area contributed by atoms with Crippen LogP contribution >= 0.6 is 0 Å². The van der Waals surface area contributed by atoms with Crippen LogP contribution in [0.25, 0.3) is 0 Å². The SMILES string of the molecule is O=[C][C@@H]1CCNC1. The summed E-state index contributed by atoms with van der Waals surface area (Å²) in [6, 6.07) is 0. The Hall–Kier alpha value is -0.370. The molecule has 1 saturated heterocycles. The number of hydrogen-bond donors (Lipinski definition) is 1. The Kier molecular flexibility index (Phi) is 1.42. The average Bonchev–Trinajstić information content (AvgIpc) is 2.14. The first-order valence-electron chi connectivity index (χ1n) is 2.52. The van der Waals surface area contributed by atoms with Crippen molar-refractivity contribution >= 4 is 6.29 Å². The number of hydrogen-bond acceptors (Lipinski definition) is 2. The molecule has 1 heterocycles. The van der Waals surface area contributed by atoms with Crippen LogP contribution in [0.2, 0.25) is 0 Å².